The zero-order chi connectivity index (χ0) is 18.7. The summed E-state index contributed by atoms with van der Waals surface area (Å²) in [6.45, 7) is 6.47. The molecular formula is C21H24N2O3. The minimum Gasteiger partial charge on any atom is -0.481 e. The molecule has 0 unspecified atom stereocenters. The third-order valence-electron chi connectivity index (χ3n) is 4.52. The van der Waals surface area contributed by atoms with Crippen molar-refractivity contribution < 1.29 is 14.3 Å². The van der Waals surface area contributed by atoms with E-state index in [0.29, 0.717) is 17.9 Å². The van der Waals surface area contributed by atoms with E-state index in [1.54, 1.807) is 11.8 Å². The molecule has 1 aliphatic rings. The molecule has 1 heterocycles. The number of nitrogens with zero attached hydrogens (tertiary/aromatic N) is 1. The molecule has 136 valence electrons. The van der Waals surface area contributed by atoms with Crippen molar-refractivity contribution >= 4 is 23.2 Å². The van der Waals surface area contributed by atoms with Gasteiger partial charge in [-0.1, -0.05) is 17.7 Å². The zero-order valence-corrected chi connectivity index (χ0v) is 15.4. The number of nitrogens with one attached hydrogen (secondary N) is 1. The fourth-order valence-electron chi connectivity index (χ4n) is 3.07. The summed E-state index contributed by atoms with van der Waals surface area (Å²) in [5, 5.41) is 2.85. The molecule has 26 heavy (non-hydrogen) atoms. The minimum atomic E-state index is -0.615. The van der Waals surface area contributed by atoms with Gasteiger partial charge >= 0.3 is 0 Å². The van der Waals surface area contributed by atoms with E-state index < -0.39 is 6.10 Å². The highest BCUT2D eigenvalue weighted by Crippen LogP contribution is 2.24. The Morgan fingerprint density at radius 2 is 1.88 bits per heavy atom. The standard InChI is InChI=1S/C21H24N2O3/c1-14-6-11-19(15(2)13-14)26-16(3)21(25)22-17-7-9-18(10-8-17)23-12-4-5-20(23)24/h6-11,13,16H,4-5,12H2,1-3H3,(H,22,25)/t16-/m1/s1. The monoisotopic (exact) mass is 352 g/mol. The van der Waals surface area contributed by atoms with Crippen LogP contribution in [-0.4, -0.2) is 24.5 Å². The maximum Gasteiger partial charge on any atom is 0.265 e. The highest BCUT2D eigenvalue weighted by atomic mass is 16.5. The summed E-state index contributed by atoms with van der Waals surface area (Å²) in [5.41, 5.74) is 3.71. The summed E-state index contributed by atoms with van der Waals surface area (Å²) in [4.78, 5) is 26.0. The van der Waals surface area contributed by atoms with Crippen LogP contribution < -0.4 is 15.0 Å². The molecule has 0 spiro atoms. The van der Waals surface area contributed by atoms with E-state index in [-0.39, 0.29) is 11.8 Å². The van der Waals surface area contributed by atoms with Crippen LogP contribution in [0.2, 0.25) is 0 Å². The Labute approximate surface area is 154 Å². The van der Waals surface area contributed by atoms with Crippen molar-refractivity contribution in [3.05, 3.63) is 53.6 Å². The van der Waals surface area contributed by atoms with Gasteiger partial charge in [0.05, 0.1) is 0 Å². The van der Waals surface area contributed by atoms with Gasteiger partial charge in [0.2, 0.25) is 5.91 Å². The van der Waals surface area contributed by atoms with Gasteiger partial charge in [0.15, 0.2) is 6.10 Å². The average molecular weight is 352 g/mol. The van der Waals surface area contributed by atoms with Crippen molar-refractivity contribution in [1.82, 2.24) is 0 Å². The van der Waals surface area contributed by atoms with Crippen LogP contribution in [0, 0.1) is 13.8 Å². The van der Waals surface area contributed by atoms with Gasteiger partial charge in [0.1, 0.15) is 5.75 Å². The van der Waals surface area contributed by atoms with Crippen molar-refractivity contribution in [2.45, 2.75) is 39.7 Å². The highest BCUT2D eigenvalue weighted by molar-refractivity contribution is 5.96. The predicted octanol–water partition coefficient (Wildman–Crippen LogP) is 3.84. The van der Waals surface area contributed by atoms with E-state index in [2.05, 4.69) is 5.32 Å². The van der Waals surface area contributed by atoms with Crippen molar-refractivity contribution in [2.75, 3.05) is 16.8 Å². The molecule has 0 saturated carbocycles. The SMILES string of the molecule is Cc1ccc(O[C@H](C)C(=O)Nc2ccc(N3CCCC3=O)cc2)c(C)c1. The van der Waals surface area contributed by atoms with E-state index in [1.807, 2.05) is 56.3 Å². The van der Waals surface area contributed by atoms with Gasteiger partial charge in [-0.05, 0) is 63.1 Å². The Morgan fingerprint density at radius 3 is 2.50 bits per heavy atom. The van der Waals surface area contributed by atoms with Gasteiger partial charge in [0.25, 0.3) is 5.91 Å². The molecule has 0 aliphatic carbocycles. The van der Waals surface area contributed by atoms with Crippen LogP contribution in [0.4, 0.5) is 11.4 Å². The Balaban J connectivity index is 1.61. The number of benzene rings is 2. The Morgan fingerprint density at radius 1 is 1.15 bits per heavy atom. The predicted molar refractivity (Wildman–Crippen MR) is 103 cm³/mol. The molecule has 1 atom stereocenters. The van der Waals surface area contributed by atoms with Crippen molar-refractivity contribution in [2.24, 2.45) is 0 Å². The van der Waals surface area contributed by atoms with Gasteiger partial charge in [-0.2, -0.15) is 0 Å². The molecule has 5 nitrogen and oxygen atoms in total. The molecule has 2 aromatic carbocycles. The molecule has 5 heteroatoms. The van der Waals surface area contributed by atoms with Crippen LogP contribution >= 0.6 is 0 Å². The Hall–Kier alpha value is -2.82. The van der Waals surface area contributed by atoms with Crippen molar-refractivity contribution in [3.63, 3.8) is 0 Å². The number of hydrogen-bond acceptors (Lipinski definition) is 3. The first-order valence-corrected chi connectivity index (χ1v) is 8.89. The van der Waals surface area contributed by atoms with E-state index in [9.17, 15) is 9.59 Å². The number of hydrogen-bond donors (Lipinski definition) is 1. The first kappa shape index (κ1) is 18.0. The summed E-state index contributed by atoms with van der Waals surface area (Å²) in [6.07, 6.45) is 0.882. The summed E-state index contributed by atoms with van der Waals surface area (Å²) in [6, 6.07) is 13.2. The number of anilines is 2. The fourth-order valence-corrected chi connectivity index (χ4v) is 3.07. The van der Waals surface area contributed by atoms with Crippen LogP contribution in [0.1, 0.15) is 30.9 Å². The van der Waals surface area contributed by atoms with Crippen LogP contribution in [0.5, 0.6) is 5.75 Å². The lowest BCUT2D eigenvalue weighted by Gasteiger charge is -2.18. The fraction of sp³-hybridized carbons (Fsp3) is 0.333. The van der Waals surface area contributed by atoms with E-state index in [4.69, 9.17) is 4.74 Å². The largest absolute Gasteiger partial charge is 0.481 e. The molecule has 1 N–H and O–H groups in total. The van der Waals surface area contributed by atoms with Crippen molar-refractivity contribution in [1.29, 1.82) is 0 Å². The molecule has 1 saturated heterocycles. The number of amides is 2. The average Bonchev–Trinajstić information content (AvgIpc) is 3.04. The van der Waals surface area contributed by atoms with Gasteiger partial charge in [-0.15, -0.1) is 0 Å². The molecular weight excluding hydrogens is 328 g/mol. The number of carbonyl (C=O) groups excluding carboxylic acids is 2. The summed E-state index contributed by atoms with van der Waals surface area (Å²) in [7, 11) is 0. The quantitative estimate of drug-likeness (QED) is 0.889. The smallest absolute Gasteiger partial charge is 0.265 e. The summed E-state index contributed by atoms with van der Waals surface area (Å²) < 4.78 is 5.79. The van der Waals surface area contributed by atoms with E-state index in [1.165, 1.54) is 0 Å². The third-order valence-corrected chi connectivity index (χ3v) is 4.52. The summed E-state index contributed by atoms with van der Waals surface area (Å²) >= 11 is 0. The zero-order valence-electron chi connectivity index (χ0n) is 15.4. The first-order valence-electron chi connectivity index (χ1n) is 8.89. The van der Waals surface area contributed by atoms with Crippen LogP contribution in [-0.2, 0) is 9.59 Å². The van der Waals surface area contributed by atoms with Crippen LogP contribution in [0.15, 0.2) is 42.5 Å². The molecule has 1 aliphatic heterocycles. The number of ether oxygens (including phenoxy) is 1. The Bertz CT molecular complexity index is 815. The minimum absolute atomic E-state index is 0.150. The maximum atomic E-state index is 12.4. The lowest BCUT2D eigenvalue weighted by Crippen LogP contribution is -2.30. The second-order valence-corrected chi connectivity index (χ2v) is 6.71. The van der Waals surface area contributed by atoms with Crippen LogP contribution in [0.3, 0.4) is 0 Å². The molecule has 1 fully saturated rings. The number of aryl methyl sites for hydroxylation is 2. The highest BCUT2D eigenvalue weighted by Gasteiger charge is 2.21. The summed E-state index contributed by atoms with van der Waals surface area (Å²) in [5.74, 6) is 0.647. The molecule has 3 rings (SSSR count). The topological polar surface area (TPSA) is 58.6 Å². The molecule has 0 radical (unpaired) electrons. The molecule has 2 amide bonds. The van der Waals surface area contributed by atoms with E-state index in [0.717, 1.165) is 29.8 Å². The molecule has 0 bridgehead atoms. The van der Waals surface area contributed by atoms with E-state index >= 15 is 0 Å². The van der Waals surface area contributed by atoms with Crippen molar-refractivity contribution in [3.8, 4) is 5.75 Å². The number of rotatable bonds is 5. The molecule has 2 aromatic rings. The number of carbonyl (C=O) groups is 2. The third kappa shape index (κ3) is 4.04. The van der Waals surface area contributed by atoms with Gasteiger partial charge in [-0.3, -0.25) is 9.59 Å². The maximum absolute atomic E-state index is 12.4. The Kier molecular flexibility index (Phi) is 5.26. The first-order chi connectivity index (χ1) is 12.4. The second kappa shape index (κ2) is 7.60. The van der Waals surface area contributed by atoms with Gasteiger partial charge in [-0.25, -0.2) is 0 Å². The van der Waals surface area contributed by atoms with Gasteiger partial charge < -0.3 is 15.0 Å². The molecule has 0 aromatic heterocycles. The van der Waals surface area contributed by atoms with Gasteiger partial charge in [0, 0.05) is 24.3 Å². The lowest BCUT2D eigenvalue weighted by atomic mass is 10.1. The lowest BCUT2D eigenvalue weighted by molar-refractivity contribution is -0.122. The second-order valence-electron chi connectivity index (χ2n) is 6.71. The normalized spacial score (nSPS) is 15.0. The van der Waals surface area contributed by atoms with Crippen LogP contribution in [0.25, 0.3) is 0 Å².